The molecule has 0 amide bonds. The fourth-order valence-electron chi connectivity index (χ4n) is 3.89. The van der Waals surface area contributed by atoms with Gasteiger partial charge >= 0.3 is 0 Å². The molecular weight excluding hydrogens is 473 g/mol. The number of thioether (sulfide) groups is 1. The number of aliphatic hydroxyl groups excluding tert-OH is 3. The molecule has 3 rings (SSSR count). The van der Waals surface area contributed by atoms with Gasteiger partial charge < -0.3 is 25.4 Å². The van der Waals surface area contributed by atoms with Crippen LogP contribution in [-0.4, -0.2) is 62.9 Å². The summed E-state index contributed by atoms with van der Waals surface area (Å²) in [6, 6.07) is 0.0442. The van der Waals surface area contributed by atoms with Crippen molar-refractivity contribution in [3.63, 3.8) is 0 Å². The second kappa shape index (κ2) is 10.6. The molecule has 33 heavy (non-hydrogen) atoms. The Morgan fingerprint density at radius 2 is 1.91 bits per heavy atom. The van der Waals surface area contributed by atoms with E-state index >= 15 is 0 Å². The Morgan fingerprint density at radius 1 is 1.24 bits per heavy atom. The number of aliphatic hydroxyl groups is 3. The van der Waals surface area contributed by atoms with Crippen molar-refractivity contribution in [1.82, 2.24) is 5.32 Å². The van der Waals surface area contributed by atoms with Crippen LogP contribution in [-0.2, 0) is 4.74 Å². The maximum atomic E-state index is 13.8. The molecule has 6 atom stereocenters. The van der Waals surface area contributed by atoms with Crippen molar-refractivity contribution in [3.05, 3.63) is 41.3 Å². The topological polar surface area (TPSA) is 118 Å². The molecule has 1 heterocycles. The van der Waals surface area contributed by atoms with Gasteiger partial charge in [-0.2, -0.15) is 5.11 Å². The number of ether oxygens (including phenoxy) is 1. The molecule has 4 unspecified atom stereocenters. The number of benzene rings is 1. The molecule has 0 bridgehead atoms. The lowest BCUT2D eigenvalue weighted by molar-refractivity contribution is -0.164. The van der Waals surface area contributed by atoms with Gasteiger partial charge in [0.1, 0.15) is 29.4 Å². The average Bonchev–Trinajstić information content (AvgIpc) is 2.75. The highest BCUT2D eigenvalue weighted by Crippen LogP contribution is 2.42. The van der Waals surface area contributed by atoms with Crippen LogP contribution in [0.5, 0.6) is 0 Å². The normalized spacial score (nSPS) is 32.4. The van der Waals surface area contributed by atoms with Crippen LogP contribution in [0.3, 0.4) is 0 Å². The monoisotopic (exact) mass is 497 g/mol. The maximum absolute atomic E-state index is 13.8. The summed E-state index contributed by atoms with van der Waals surface area (Å²) < 4.78 is 73.3. The zero-order chi connectivity index (χ0) is 24.3. The number of halogens is 5. The number of nitrogens with zero attached hydrogens (tertiary/aromatic N) is 1. The molecule has 1 aliphatic heterocycles. The van der Waals surface area contributed by atoms with Crippen molar-refractivity contribution in [3.8, 4) is 0 Å². The van der Waals surface area contributed by atoms with Gasteiger partial charge in [-0.25, -0.2) is 27.5 Å². The Morgan fingerprint density at radius 3 is 2.48 bits per heavy atom. The molecule has 1 aromatic carbocycles. The summed E-state index contributed by atoms with van der Waals surface area (Å²) >= 11 is 0.982. The van der Waals surface area contributed by atoms with Crippen LogP contribution in [0.4, 0.5) is 22.0 Å². The van der Waals surface area contributed by atoms with Crippen molar-refractivity contribution in [2.45, 2.75) is 66.6 Å². The van der Waals surface area contributed by atoms with Crippen LogP contribution in [0, 0.1) is 23.0 Å². The molecule has 2 fully saturated rings. The van der Waals surface area contributed by atoms with Crippen molar-refractivity contribution in [1.29, 1.82) is 5.53 Å². The highest BCUT2D eigenvalue weighted by molar-refractivity contribution is 8.00. The Balaban J connectivity index is 1.78. The first-order valence-electron chi connectivity index (χ1n) is 10.2. The summed E-state index contributed by atoms with van der Waals surface area (Å²) in [5, 5.41) is 36.0. The van der Waals surface area contributed by atoms with Crippen LogP contribution in [0.15, 0.2) is 23.4 Å². The lowest BCUT2D eigenvalue weighted by Crippen LogP contribution is -2.62. The van der Waals surface area contributed by atoms with E-state index in [1.165, 1.54) is 0 Å². The predicted molar refractivity (Wildman–Crippen MR) is 109 cm³/mol. The van der Waals surface area contributed by atoms with Crippen LogP contribution >= 0.6 is 11.8 Å². The van der Waals surface area contributed by atoms with Gasteiger partial charge in [-0.15, -0.1) is 11.8 Å². The van der Waals surface area contributed by atoms with Crippen LogP contribution in [0.2, 0.25) is 0 Å². The van der Waals surface area contributed by atoms with E-state index in [9.17, 15) is 37.3 Å². The van der Waals surface area contributed by atoms with Crippen molar-refractivity contribution in [2.75, 3.05) is 6.61 Å². The molecule has 0 spiro atoms. The minimum absolute atomic E-state index is 0.213. The summed E-state index contributed by atoms with van der Waals surface area (Å²) in [5.74, 6) is -7.50. The van der Waals surface area contributed by atoms with Gasteiger partial charge in [0.2, 0.25) is 5.92 Å². The summed E-state index contributed by atoms with van der Waals surface area (Å²) in [4.78, 5) is 0. The molecule has 1 saturated carbocycles. The van der Waals surface area contributed by atoms with E-state index in [0.29, 0.717) is 25.0 Å². The van der Waals surface area contributed by atoms with Gasteiger partial charge in [-0.1, -0.05) is 0 Å². The molecule has 1 aromatic rings. The zero-order valence-electron chi connectivity index (χ0n) is 17.2. The summed E-state index contributed by atoms with van der Waals surface area (Å²) in [5.41, 5.74) is 5.57. The second-order valence-electron chi connectivity index (χ2n) is 8.00. The molecule has 5 N–H and O–H groups in total. The van der Waals surface area contributed by atoms with E-state index in [4.69, 9.17) is 10.3 Å². The van der Waals surface area contributed by atoms with E-state index in [-0.39, 0.29) is 17.7 Å². The highest BCUT2D eigenvalue weighted by atomic mass is 32.2. The fourth-order valence-corrected chi connectivity index (χ4v) is 5.45. The number of alkyl halides is 2. The van der Waals surface area contributed by atoms with Gasteiger partial charge in [0, 0.05) is 29.9 Å². The van der Waals surface area contributed by atoms with E-state index in [1.54, 1.807) is 0 Å². The number of nitrogens with one attached hydrogen (secondary N) is 2. The number of rotatable bonds is 7. The third-order valence-corrected chi connectivity index (χ3v) is 7.06. The van der Waals surface area contributed by atoms with Gasteiger partial charge in [-0.05, 0) is 25.0 Å². The third kappa shape index (κ3) is 6.01. The first-order valence-corrected chi connectivity index (χ1v) is 11.1. The SMILES string of the molecule is N=N/C(=C\NC1C(O)[C@@H](SC2CCCC(F)(F)C2)OC(CO)[C@@H]1O)c1cc(F)c(F)c(F)c1. The molecule has 1 aliphatic carbocycles. The van der Waals surface area contributed by atoms with Gasteiger partial charge in [0.15, 0.2) is 17.5 Å². The average molecular weight is 497 g/mol. The molecule has 7 nitrogen and oxygen atoms in total. The minimum Gasteiger partial charge on any atom is -0.394 e. The molecule has 1 saturated heterocycles. The largest absolute Gasteiger partial charge is 0.394 e. The molecule has 0 radical (unpaired) electrons. The number of hydrogen-bond acceptors (Lipinski definition) is 8. The highest BCUT2D eigenvalue weighted by Gasteiger charge is 2.46. The lowest BCUT2D eigenvalue weighted by atomic mass is 9.96. The van der Waals surface area contributed by atoms with Crippen molar-refractivity contribution in [2.24, 2.45) is 5.11 Å². The first kappa shape index (κ1) is 25.8. The zero-order valence-corrected chi connectivity index (χ0v) is 18.0. The Hall–Kier alpha value is -1.80. The smallest absolute Gasteiger partial charge is 0.249 e. The standard InChI is InChI=1S/C20H24F5N3O4S/c21-11-4-9(5-12(22)15(11)23)13(28-26)7-27-16-17(30)14(8-29)32-19(18(16)31)33-10-2-1-3-20(24,25)6-10/h4-5,7,10,14,16-19,26-27,29-31H,1-3,6,8H2/b13-7-,28-26?/t10?,14?,16?,17-,18?,19+/m0/s1. The maximum Gasteiger partial charge on any atom is 0.249 e. The summed E-state index contributed by atoms with van der Waals surface area (Å²) in [6.45, 7) is -0.627. The van der Waals surface area contributed by atoms with Gasteiger partial charge in [0.25, 0.3) is 0 Å². The predicted octanol–water partition coefficient (Wildman–Crippen LogP) is 3.14. The summed E-state index contributed by atoms with van der Waals surface area (Å²) in [7, 11) is 0. The second-order valence-corrected chi connectivity index (χ2v) is 9.41. The van der Waals surface area contributed by atoms with E-state index in [2.05, 4.69) is 10.4 Å². The third-order valence-electron chi connectivity index (χ3n) is 5.62. The first-order chi connectivity index (χ1) is 15.6. The van der Waals surface area contributed by atoms with Gasteiger partial charge in [-0.3, -0.25) is 0 Å². The van der Waals surface area contributed by atoms with Crippen LogP contribution < -0.4 is 5.32 Å². The van der Waals surface area contributed by atoms with Crippen molar-refractivity contribution >= 4 is 17.5 Å². The molecular formula is C20H24F5N3O4S. The Bertz CT molecular complexity index is 870. The molecule has 2 aliphatic rings. The Kier molecular flexibility index (Phi) is 8.32. The molecule has 13 heteroatoms. The van der Waals surface area contributed by atoms with Gasteiger partial charge in [0.05, 0.1) is 12.6 Å². The van der Waals surface area contributed by atoms with E-state index in [0.717, 1.165) is 18.0 Å². The fraction of sp³-hybridized carbons (Fsp3) is 0.600. The van der Waals surface area contributed by atoms with Crippen LogP contribution in [0.25, 0.3) is 5.70 Å². The lowest BCUT2D eigenvalue weighted by Gasteiger charge is -2.43. The molecule has 0 aromatic heterocycles. The number of hydrogen-bond donors (Lipinski definition) is 5. The van der Waals surface area contributed by atoms with Crippen LogP contribution in [0.1, 0.15) is 31.2 Å². The quantitative estimate of drug-likeness (QED) is 0.225. The minimum atomic E-state index is -2.82. The molecule has 184 valence electrons. The van der Waals surface area contributed by atoms with Crippen molar-refractivity contribution < 1.29 is 42.0 Å². The summed E-state index contributed by atoms with van der Waals surface area (Å²) in [6.07, 6.45) is -2.87. The van der Waals surface area contributed by atoms with E-state index < -0.39 is 71.4 Å². The Labute approximate surface area is 190 Å². The van der Waals surface area contributed by atoms with E-state index in [1.807, 2.05) is 0 Å².